The number of nitrogens with zero attached hydrogens (tertiary/aromatic N) is 2. The van der Waals surface area contributed by atoms with Crippen molar-refractivity contribution in [3.8, 4) is 5.75 Å². The van der Waals surface area contributed by atoms with Gasteiger partial charge in [-0.2, -0.15) is 5.10 Å². The Kier molecular flexibility index (Phi) is 4.28. The van der Waals surface area contributed by atoms with Crippen LogP contribution < -0.4 is 15.8 Å². The molecular weight excluding hydrogens is 240 g/mol. The molecule has 0 radical (unpaired) electrons. The summed E-state index contributed by atoms with van der Waals surface area (Å²) in [5, 5.41) is 7.50. The first-order valence-electron chi connectivity index (χ1n) is 6.42. The summed E-state index contributed by atoms with van der Waals surface area (Å²) in [5.74, 6) is 0.730. The third kappa shape index (κ3) is 3.64. The van der Waals surface area contributed by atoms with Crippen LogP contribution in [-0.4, -0.2) is 22.9 Å². The summed E-state index contributed by atoms with van der Waals surface area (Å²) in [4.78, 5) is 0. The molecule has 5 nitrogen and oxygen atoms in total. The van der Waals surface area contributed by atoms with Crippen LogP contribution in [0.3, 0.4) is 0 Å². The number of aryl methyl sites for hydroxylation is 1. The van der Waals surface area contributed by atoms with Crippen LogP contribution in [0.4, 0.5) is 11.4 Å². The highest BCUT2D eigenvalue weighted by molar-refractivity contribution is 5.61. The maximum Gasteiger partial charge on any atom is 0.144 e. The van der Waals surface area contributed by atoms with Gasteiger partial charge in [0.2, 0.25) is 0 Å². The lowest BCUT2D eigenvalue weighted by atomic mass is 10.2. The van der Waals surface area contributed by atoms with Gasteiger partial charge in [0.1, 0.15) is 5.75 Å². The highest BCUT2D eigenvalue weighted by Gasteiger charge is 2.02. The molecule has 2 rings (SSSR count). The lowest BCUT2D eigenvalue weighted by Gasteiger charge is -2.10. The fraction of sp³-hybridized carbons (Fsp3) is 0.357. The number of ether oxygens (including phenoxy) is 1. The normalized spacial score (nSPS) is 10.4. The van der Waals surface area contributed by atoms with E-state index in [1.807, 2.05) is 49.2 Å². The van der Waals surface area contributed by atoms with Crippen molar-refractivity contribution in [3.05, 3.63) is 36.2 Å². The summed E-state index contributed by atoms with van der Waals surface area (Å²) in [6.07, 6.45) is 4.84. The van der Waals surface area contributed by atoms with E-state index in [4.69, 9.17) is 10.5 Å². The SMILES string of the molecule is CCOc1cc(NCCc2cnn(C)c2)ccc1N. The van der Waals surface area contributed by atoms with Crippen molar-refractivity contribution >= 4 is 11.4 Å². The van der Waals surface area contributed by atoms with E-state index in [9.17, 15) is 0 Å². The molecule has 0 bridgehead atoms. The van der Waals surface area contributed by atoms with E-state index in [0.29, 0.717) is 12.3 Å². The summed E-state index contributed by atoms with van der Waals surface area (Å²) in [6, 6.07) is 5.75. The van der Waals surface area contributed by atoms with Crippen molar-refractivity contribution in [2.45, 2.75) is 13.3 Å². The molecule has 0 unspecified atom stereocenters. The molecule has 0 atom stereocenters. The van der Waals surface area contributed by atoms with Crippen LogP contribution in [0, 0.1) is 0 Å². The van der Waals surface area contributed by atoms with Gasteiger partial charge in [-0.15, -0.1) is 0 Å². The number of nitrogens with one attached hydrogen (secondary N) is 1. The largest absolute Gasteiger partial charge is 0.492 e. The quantitative estimate of drug-likeness (QED) is 0.780. The third-order valence-electron chi connectivity index (χ3n) is 2.81. The van der Waals surface area contributed by atoms with Crippen molar-refractivity contribution in [3.63, 3.8) is 0 Å². The molecule has 0 saturated carbocycles. The first kappa shape index (κ1) is 13.3. The van der Waals surface area contributed by atoms with Gasteiger partial charge in [-0.05, 0) is 31.0 Å². The van der Waals surface area contributed by atoms with Crippen LogP contribution in [0.15, 0.2) is 30.6 Å². The molecule has 0 fully saturated rings. The molecule has 1 heterocycles. The lowest BCUT2D eigenvalue weighted by molar-refractivity contribution is 0.342. The predicted octanol–water partition coefficient (Wildman–Crippen LogP) is 2.06. The first-order chi connectivity index (χ1) is 9.19. The summed E-state index contributed by atoms with van der Waals surface area (Å²) in [5.41, 5.74) is 8.73. The second-order valence-corrected chi connectivity index (χ2v) is 4.38. The van der Waals surface area contributed by atoms with Crippen LogP contribution in [-0.2, 0) is 13.5 Å². The van der Waals surface area contributed by atoms with Crippen LogP contribution in [0.25, 0.3) is 0 Å². The number of nitrogen functional groups attached to an aromatic ring is 1. The molecule has 0 saturated heterocycles. The highest BCUT2D eigenvalue weighted by atomic mass is 16.5. The molecule has 5 heteroatoms. The van der Waals surface area contributed by atoms with Crippen LogP contribution in [0.2, 0.25) is 0 Å². The zero-order valence-corrected chi connectivity index (χ0v) is 11.4. The predicted molar refractivity (Wildman–Crippen MR) is 77.4 cm³/mol. The molecular formula is C14H20N4O. The van der Waals surface area contributed by atoms with Gasteiger partial charge in [-0.1, -0.05) is 0 Å². The van der Waals surface area contributed by atoms with Crippen molar-refractivity contribution in [1.82, 2.24) is 9.78 Å². The Balaban J connectivity index is 1.90. The fourth-order valence-electron chi connectivity index (χ4n) is 1.88. The molecule has 19 heavy (non-hydrogen) atoms. The standard InChI is InChI=1S/C14H20N4O/c1-3-19-14-8-12(4-5-13(14)15)16-7-6-11-9-17-18(2)10-11/h4-5,8-10,16H,3,6-7,15H2,1-2H3. The minimum absolute atomic E-state index is 0.614. The average Bonchev–Trinajstić information content (AvgIpc) is 2.79. The Labute approximate surface area is 113 Å². The molecule has 1 aromatic carbocycles. The zero-order chi connectivity index (χ0) is 13.7. The van der Waals surface area contributed by atoms with E-state index in [1.54, 1.807) is 0 Å². The minimum Gasteiger partial charge on any atom is -0.492 e. The molecule has 0 amide bonds. The van der Waals surface area contributed by atoms with Crippen LogP contribution >= 0.6 is 0 Å². The van der Waals surface area contributed by atoms with Gasteiger partial charge < -0.3 is 15.8 Å². The van der Waals surface area contributed by atoms with Crippen LogP contribution in [0.1, 0.15) is 12.5 Å². The van der Waals surface area contributed by atoms with Gasteiger partial charge in [-0.3, -0.25) is 4.68 Å². The van der Waals surface area contributed by atoms with E-state index in [2.05, 4.69) is 10.4 Å². The smallest absolute Gasteiger partial charge is 0.144 e. The minimum atomic E-state index is 0.614. The monoisotopic (exact) mass is 260 g/mol. The maximum atomic E-state index is 5.83. The van der Waals surface area contributed by atoms with Crippen molar-refractivity contribution in [2.24, 2.45) is 7.05 Å². The molecule has 0 aliphatic carbocycles. The number of benzene rings is 1. The fourth-order valence-corrected chi connectivity index (χ4v) is 1.88. The van der Waals surface area contributed by atoms with E-state index >= 15 is 0 Å². The van der Waals surface area contributed by atoms with Gasteiger partial charge in [0, 0.05) is 31.5 Å². The third-order valence-corrected chi connectivity index (χ3v) is 2.81. The summed E-state index contributed by atoms with van der Waals surface area (Å²) < 4.78 is 7.28. The summed E-state index contributed by atoms with van der Waals surface area (Å²) in [6.45, 7) is 3.41. The number of hydrogen-bond donors (Lipinski definition) is 2. The van der Waals surface area contributed by atoms with Crippen molar-refractivity contribution < 1.29 is 4.74 Å². The lowest BCUT2D eigenvalue weighted by Crippen LogP contribution is -2.05. The number of nitrogens with two attached hydrogens (primary N) is 1. The van der Waals surface area contributed by atoms with Gasteiger partial charge in [0.15, 0.2) is 0 Å². The molecule has 3 N–H and O–H groups in total. The van der Waals surface area contributed by atoms with E-state index < -0.39 is 0 Å². The number of anilines is 2. The van der Waals surface area contributed by atoms with Gasteiger partial charge in [-0.25, -0.2) is 0 Å². The number of rotatable bonds is 6. The van der Waals surface area contributed by atoms with Crippen molar-refractivity contribution in [2.75, 3.05) is 24.2 Å². The van der Waals surface area contributed by atoms with Crippen molar-refractivity contribution in [1.29, 1.82) is 0 Å². The Bertz CT molecular complexity index is 536. The highest BCUT2D eigenvalue weighted by Crippen LogP contribution is 2.25. The number of aromatic nitrogens is 2. The average molecular weight is 260 g/mol. The molecule has 0 spiro atoms. The van der Waals surface area contributed by atoms with E-state index in [-0.39, 0.29) is 0 Å². The van der Waals surface area contributed by atoms with E-state index in [0.717, 1.165) is 24.4 Å². The molecule has 102 valence electrons. The first-order valence-corrected chi connectivity index (χ1v) is 6.42. The van der Waals surface area contributed by atoms with Gasteiger partial charge >= 0.3 is 0 Å². The summed E-state index contributed by atoms with van der Waals surface area (Å²) in [7, 11) is 1.92. The summed E-state index contributed by atoms with van der Waals surface area (Å²) >= 11 is 0. The van der Waals surface area contributed by atoms with E-state index in [1.165, 1.54) is 5.56 Å². The molecule has 0 aliphatic heterocycles. The Morgan fingerprint density at radius 2 is 2.26 bits per heavy atom. The van der Waals surface area contributed by atoms with Gasteiger partial charge in [0.05, 0.1) is 18.5 Å². The maximum absolute atomic E-state index is 5.83. The molecule has 1 aromatic heterocycles. The molecule has 2 aromatic rings. The molecule has 0 aliphatic rings. The van der Waals surface area contributed by atoms with Gasteiger partial charge in [0.25, 0.3) is 0 Å². The Morgan fingerprint density at radius 1 is 1.42 bits per heavy atom. The number of hydrogen-bond acceptors (Lipinski definition) is 4. The Hall–Kier alpha value is -2.17. The second kappa shape index (κ2) is 6.13. The Morgan fingerprint density at radius 3 is 2.95 bits per heavy atom. The second-order valence-electron chi connectivity index (χ2n) is 4.38. The van der Waals surface area contributed by atoms with Crippen LogP contribution in [0.5, 0.6) is 5.75 Å². The topological polar surface area (TPSA) is 65.1 Å². The zero-order valence-electron chi connectivity index (χ0n) is 11.4.